The zero-order valence-electron chi connectivity index (χ0n) is 17.2. The van der Waals surface area contributed by atoms with Crippen LogP contribution >= 0.6 is 15.9 Å². The molecule has 0 aliphatic carbocycles. The Morgan fingerprint density at radius 1 is 0.853 bits per heavy atom. The summed E-state index contributed by atoms with van der Waals surface area (Å²) in [4.78, 5) is 18.3. The third-order valence-electron chi connectivity index (χ3n) is 5.03. The maximum Gasteiger partial charge on any atom is 0.573 e. The molecule has 34 heavy (non-hydrogen) atoms. The Morgan fingerprint density at radius 3 is 2.18 bits per heavy atom. The summed E-state index contributed by atoms with van der Waals surface area (Å²) < 4.78 is 45.5. The first kappa shape index (κ1) is 21.9. The van der Waals surface area contributed by atoms with Crippen molar-refractivity contribution in [3.8, 4) is 28.5 Å². The Hall–Kier alpha value is -3.92. The van der Waals surface area contributed by atoms with Gasteiger partial charge >= 0.3 is 6.36 Å². The van der Waals surface area contributed by atoms with Gasteiger partial charge in [-0.15, -0.1) is 13.2 Å². The summed E-state index contributed by atoms with van der Waals surface area (Å²) in [5.41, 5.74) is 1.65. The summed E-state index contributed by atoms with van der Waals surface area (Å²) >= 11 is 3.38. The van der Waals surface area contributed by atoms with Crippen LogP contribution in [0.1, 0.15) is 0 Å². The number of nitrogens with zero attached hydrogens (tertiary/aromatic N) is 4. The molecule has 0 unspecified atom stereocenters. The van der Waals surface area contributed by atoms with Gasteiger partial charge in [0.2, 0.25) is 0 Å². The molecule has 0 atom stereocenters. The van der Waals surface area contributed by atoms with Crippen molar-refractivity contribution in [3.63, 3.8) is 0 Å². The molecule has 5 aromatic rings. The number of hydrogen-bond acceptors (Lipinski definition) is 4. The number of ether oxygens (including phenoxy) is 1. The molecule has 0 bridgehead atoms. The zero-order chi connectivity index (χ0) is 23.9. The van der Waals surface area contributed by atoms with E-state index in [1.54, 1.807) is 28.9 Å². The molecule has 2 heterocycles. The van der Waals surface area contributed by atoms with Gasteiger partial charge < -0.3 is 4.74 Å². The maximum atomic E-state index is 13.6. The quantitative estimate of drug-likeness (QED) is 0.292. The highest BCUT2D eigenvalue weighted by atomic mass is 79.9. The molecule has 10 heteroatoms. The van der Waals surface area contributed by atoms with Crippen LogP contribution in [0, 0.1) is 0 Å². The first-order chi connectivity index (χ1) is 16.3. The summed E-state index contributed by atoms with van der Waals surface area (Å²) in [5.74, 6) is -0.125. The lowest BCUT2D eigenvalue weighted by molar-refractivity contribution is -0.274. The van der Waals surface area contributed by atoms with Crippen LogP contribution in [0.2, 0.25) is 0 Å². The molecule has 0 N–H and O–H groups in total. The van der Waals surface area contributed by atoms with Crippen LogP contribution in [-0.2, 0) is 0 Å². The predicted molar refractivity (Wildman–Crippen MR) is 124 cm³/mol. The molecule has 0 fully saturated rings. The van der Waals surface area contributed by atoms with Gasteiger partial charge in [0.05, 0.1) is 17.6 Å². The molecule has 5 rings (SSSR count). The summed E-state index contributed by atoms with van der Waals surface area (Å²) in [6, 6.07) is 21.5. The van der Waals surface area contributed by atoms with Gasteiger partial charge in [-0.2, -0.15) is 5.10 Å². The molecule has 3 aromatic carbocycles. The van der Waals surface area contributed by atoms with E-state index in [9.17, 15) is 18.0 Å². The smallest absolute Gasteiger partial charge is 0.406 e. The Kier molecular flexibility index (Phi) is 5.45. The van der Waals surface area contributed by atoms with Crippen molar-refractivity contribution in [1.82, 2.24) is 19.3 Å². The number of halogens is 4. The van der Waals surface area contributed by atoms with Gasteiger partial charge in [0.15, 0.2) is 5.65 Å². The van der Waals surface area contributed by atoms with E-state index in [4.69, 9.17) is 4.98 Å². The fraction of sp³-hybridized carbons (Fsp3) is 0.0417. The highest BCUT2D eigenvalue weighted by molar-refractivity contribution is 9.10. The molecule has 0 spiro atoms. The van der Waals surface area contributed by atoms with E-state index in [-0.39, 0.29) is 17.1 Å². The average Bonchev–Trinajstić information content (AvgIpc) is 3.24. The second kappa shape index (κ2) is 8.45. The van der Waals surface area contributed by atoms with E-state index >= 15 is 0 Å². The molecule has 0 aliphatic heterocycles. The standard InChI is InChI=1S/C24H14BrF3N4O2/c25-16-8-10-17(11-9-16)31-21(15-6-12-19(13-7-15)34-24(26,27)28)30-22-20(23(31)33)14-29-32(22)18-4-2-1-3-5-18/h1-14H. The normalized spacial score (nSPS) is 11.6. The molecular weight excluding hydrogens is 513 g/mol. The van der Waals surface area contributed by atoms with Crippen LogP contribution in [0.3, 0.4) is 0 Å². The Labute approximate surface area is 199 Å². The third kappa shape index (κ3) is 4.19. The minimum Gasteiger partial charge on any atom is -0.406 e. The SMILES string of the molecule is O=c1c2cnn(-c3ccccc3)c2nc(-c2ccc(OC(F)(F)F)cc2)n1-c1ccc(Br)cc1. The van der Waals surface area contributed by atoms with Crippen LogP contribution in [0.15, 0.2) is 94.3 Å². The number of benzene rings is 3. The van der Waals surface area contributed by atoms with Crippen LogP contribution in [0.5, 0.6) is 5.75 Å². The number of para-hydroxylation sites is 1. The van der Waals surface area contributed by atoms with Crippen LogP contribution in [0.25, 0.3) is 33.8 Å². The van der Waals surface area contributed by atoms with Gasteiger partial charge in [-0.3, -0.25) is 9.36 Å². The second-order valence-electron chi connectivity index (χ2n) is 7.25. The van der Waals surface area contributed by atoms with Crippen molar-refractivity contribution in [3.05, 3.63) is 99.9 Å². The van der Waals surface area contributed by atoms with Gasteiger partial charge in [-0.05, 0) is 60.7 Å². The summed E-state index contributed by atoms with van der Waals surface area (Å²) in [6.45, 7) is 0. The van der Waals surface area contributed by atoms with Gasteiger partial charge in [0.25, 0.3) is 5.56 Å². The fourth-order valence-corrected chi connectivity index (χ4v) is 3.82. The van der Waals surface area contributed by atoms with Crippen molar-refractivity contribution >= 4 is 27.0 Å². The molecule has 0 radical (unpaired) electrons. The van der Waals surface area contributed by atoms with Crippen molar-refractivity contribution in [2.75, 3.05) is 0 Å². The summed E-state index contributed by atoms with van der Waals surface area (Å²) in [5, 5.41) is 4.65. The van der Waals surface area contributed by atoms with E-state index in [1.165, 1.54) is 35.0 Å². The Balaban J connectivity index is 1.74. The molecule has 6 nitrogen and oxygen atoms in total. The van der Waals surface area contributed by atoms with Crippen LogP contribution < -0.4 is 10.3 Å². The average molecular weight is 527 g/mol. The van der Waals surface area contributed by atoms with E-state index in [2.05, 4.69) is 25.8 Å². The maximum absolute atomic E-state index is 13.6. The largest absolute Gasteiger partial charge is 0.573 e. The summed E-state index contributed by atoms with van der Waals surface area (Å²) in [7, 11) is 0. The minimum absolute atomic E-state index is 0.246. The molecule has 0 saturated heterocycles. The zero-order valence-corrected chi connectivity index (χ0v) is 18.8. The number of fused-ring (bicyclic) bond motifs is 1. The number of alkyl halides is 3. The number of hydrogen-bond donors (Lipinski definition) is 0. The molecule has 170 valence electrons. The minimum atomic E-state index is -4.81. The lowest BCUT2D eigenvalue weighted by Crippen LogP contribution is -2.22. The fourth-order valence-electron chi connectivity index (χ4n) is 3.55. The highest BCUT2D eigenvalue weighted by Crippen LogP contribution is 2.28. The monoisotopic (exact) mass is 526 g/mol. The molecule has 2 aromatic heterocycles. The number of rotatable bonds is 4. The van der Waals surface area contributed by atoms with Crippen molar-refractivity contribution < 1.29 is 17.9 Å². The highest BCUT2D eigenvalue weighted by Gasteiger charge is 2.31. The lowest BCUT2D eigenvalue weighted by Gasteiger charge is -2.14. The second-order valence-corrected chi connectivity index (χ2v) is 8.17. The van der Waals surface area contributed by atoms with Gasteiger partial charge in [0, 0.05) is 10.0 Å². The molecule has 0 amide bonds. The third-order valence-corrected chi connectivity index (χ3v) is 5.56. The van der Waals surface area contributed by atoms with E-state index in [1.807, 2.05) is 30.3 Å². The van der Waals surface area contributed by atoms with Crippen molar-refractivity contribution in [2.24, 2.45) is 0 Å². The number of aromatic nitrogens is 4. The van der Waals surface area contributed by atoms with E-state index in [0.717, 1.165) is 4.47 Å². The molecule has 0 aliphatic rings. The van der Waals surface area contributed by atoms with E-state index < -0.39 is 6.36 Å². The Morgan fingerprint density at radius 2 is 1.53 bits per heavy atom. The lowest BCUT2D eigenvalue weighted by atomic mass is 10.2. The molecular formula is C24H14BrF3N4O2. The van der Waals surface area contributed by atoms with Gasteiger partial charge in [-0.1, -0.05) is 34.1 Å². The van der Waals surface area contributed by atoms with Crippen LogP contribution in [0.4, 0.5) is 13.2 Å². The van der Waals surface area contributed by atoms with Gasteiger partial charge in [-0.25, -0.2) is 9.67 Å². The van der Waals surface area contributed by atoms with E-state index in [0.29, 0.717) is 28.0 Å². The van der Waals surface area contributed by atoms with Crippen LogP contribution in [-0.4, -0.2) is 25.7 Å². The first-order valence-corrected chi connectivity index (χ1v) is 10.8. The first-order valence-electron chi connectivity index (χ1n) is 9.98. The Bertz CT molecular complexity index is 1530. The van der Waals surface area contributed by atoms with Crippen molar-refractivity contribution in [1.29, 1.82) is 0 Å². The molecule has 0 saturated carbocycles. The summed E-state index contributed by atoms with van der Waals surface area (Å²) in [6.07, 6.45) is -3.35. The van der Waals surface area contributed by atoms with Crippen molar-refractivity contribution in [2.45, 2.75) is 6.36 Å². The predicted octanol–water partition coefficient (Wildman–Crippen LogP) is 5.90. The topological polar surface area (TPSA) is 61.9 Å². The van der Waals surface area contributed by atoms with Gasteiger partial charge in [0.1, 0.15) is 17.0 Å².